The van der Waals surface area contributed by atoms with Crippen LogP contribution in [-0.4, -0.2) is 37.1 Å². The van der Waals surface area contributed by atoms with Crippen molar-refractivity contribution in [3.63, 3.8) is 0 Å². The molecule has 0 saturated heterocycles. The minimum atomic E-state index is -4.85. The van der Waals surface area contributed by atoms with Crippen LogP contribution in [0.25, 0.3) is 27.8 Å². The van der Waals surface area contributed by atoms with Crippen molar-refractivity contribution < 1.29 is 22.7 Å². The molecule has 5 rings (SSSR count). The van der Waals surface area contributed by atoms with Gasteiger partial charge in [-0.25, -0.2) is 9.67 Å². The largest absolute Gasteiger partial charge is 0.573 e. The monoisotopic (exact) mass is 423 g/mol. The van der Waals surface area contributed by atoms with Gasteiger partial charge in [0.1, 0.15) is 16.9 Å². The zero-order chi connectivity index (χ0) is 21.6. The second kappa shape index (κ2) is 6.94. The fourth-order valence-corrected chi connectivity index (χ4v) is 3.35. The molecule has 31 heavy (non-hydrogen) atoms. The third kappa shape index (κ3) is 3.48. The summed E-state index contributed by atoms with van der Waals surface area (Å²) < 4.78 is 43.0. The number of carbonyl (C=O) groups is 1. The molecule has 3 aromatic heterocycles. The van der Waals surface area contributed by atoms with Crippen molar-refractivity contribution in [2.45, 2.75) is 6.36 Å². The van der Waals surface area contributed by atoms with Gasteiger partial charge in [0.05, 0.1) is 17.4 Å². The highest BCUT2D eigenvalue weighted by molar-refractivity contribution is 6.16. The third-order valence-electron chi connectivity index (χ3n) is 4.69. The molecular formula is C21H12F3N5O2. The number of H-pyrrole nitrogens is 1. The van der Waals surface area contributed by atoms with Crippen LogP contribution < -0.4 is 4.74 Å². The fourth-order valence-electron chi connectivity index (χ4n) is 3.35. The Morgan fingerprint density at radius 2 is 1.90 bits per heavy atom. The Morgan fingerprint density at radius 1 is 1.06 bits per heavy atom. The second-order valence-corrected chi connectivity index (χ2v) is 6.69. The van der Waals surface area contributed by atoms with Crippen molar-refractivity contribution in [2.24, 2.45) is 0 Å². The van der Waals surface area contributed by atoms with Crippen molar-refractivity contribution in [2.75, 3.05) is 0 Å². The van der Waals surface area contributed by atoms with E-state index in [2.05, 4.69) is 25.0 Å². The van der Waals surface area contributed by atoms with E-state index in [1.54, 1.807) is 16.9 Å². The molecule has 10 heteroatoms. The van der Waals surface area contributed by atoms with Gasteiger partial charge in [0.15, 0.2) is 5.78 Å². The van der Waals surface area contributed by atoms with Crippen LogP contribution >= 0.6 is 0 Å². The van der Waals surface area contributed by atoms with Crippen LogP contribution in [0, 0.1) is 0 Å². The number of carbonyl (C=O) groups excluding carboxylic acids is 1. The van der Waals surface area contributed by atoms with Gasteiger partial charge in [0, 0.05) is 22.7 Å². The number of pyridine rings is 1. The van der Waals surface area contributed by atoms with Gasteiger partial charge in [0.25, 0.3) is 0 Å². The predicted octanol–water partition coefficient (Wildman–Crippen LogP) is 4.43. The van der Waals surface area contributed by atoms with Crippen LogP contribution in [0.5, 0.6) is 5.75 Å². The van der Waals surface area contributed by atoms with Gasteiger partial charge in [-0.05, 0) is 30.3 Å². The summed E-state index contributed by atoms with van der Waals surface area (Å²) in [5, 5.41) is 8.76. The molecule has 7 nitrogen and oxygen atoms in total. The van der Waals surface area contributed by atoms with Crippen molar-refractivity contribution in [1.29, 1.82) is 0 Å². The highest BCUT2D eigenvalue weighted by atomic mass is 19.4. The van der Waals surface area contributed by atoms with Crippen LogP contribution in [0.1, 0.15) is 15.9 Å². The van der Waals surface area contributed by atoms with Crippen molar-refractivity contribution >= 4 is 27.9 Å². The Morgan fingerprint density at radius 3 is 2.74 bits per heavy atom. The quantitative estimate of drug-likeness (QED) is 0.433. The van der Waals surface area contributed by atoms with Crippen molar-refractivity contribution in [3.8, 4) is 11.4 Å². The first-order chi connectivity index (χ1) is 14.9. The molecule has 0 unspecified atom stereocenters. The molecule has 5 aromatic rings. The Bertz CT molecular complexity index is 1440. The lowest BCUT2D eigenvalue weighted by molar-refractivity contribution is -0.274. The summed E-state index contributed by atoms with van der Waals surface area (Å²) in [5.74, 6) is -0.938. The maximum absolute atomic E-state index is 13.0. The fraction of sp³-hybridized carbons (Fsp3) is 0.0476. The molecular weight excluding hydrogens is 411 g/mol. The Hall–Kier alpha value is -4.21. The molecule has 154 valence electrons. The van der Waals surface area contributed by atoms with Gasteiger partial charge in [-0.3, -0.25) is 4.79 Å². The lowest BCUT2D eigenvalue weighted by atomic mass is 10.0. The average molecular weight is 423 g/mol. The average Bonchev–Trinajstić information content (AvgIpc) is 3.36. The highest BCUT2D eigenvalue weighted by Crippen LogP contribution is 2.27. The number of alkyl halides is 3. The minimum Gasteiger partial charge on any atom is -0.406 e. The zero-order valence-corrected chi connectivity index (χ0v) is 15.6. The lowest BCUT2D eigenvalue weighted by Crippen LogP contribution is -2.17. The number of aromatic nitrogens is 5. The molecule has 0 aliphatic rings. The first-order valence-corrected chi connectivity index (χ1v) is 9.07. The molecule has 1 N–H and O–H groups in total. The number of ketones is 1. The Kier molecular flexibility index (Phi) is 4.21. The predicted molar refractivity (Wildman–Crippen MR) is 105 cm³/mol. The molecule has 0 fully saturated rings. The van der Waals surface area contributed by atoms with E-state index in [4.69, 9.17) is 0 Å². The molecule has 0 radical (unpaired) electrons. The number of hydrogen-bond acceptors (Lipinski definition) is 5. The number of ether oxygens (including phenoxy) is 1. The summed E-state index contributed by atoms with van der Waals surface area (Å²) in [6.07, 6.45) is -1.78. The maximum atomic E-state index is 13.0. The molecule has 3 heterocycles. The van der Waals surface area contributed by atoms with E-state index >= 15 is 0 Å². The van der Waals surface area contributed by atoms with E-state index in [1.165, 1.54) is 18.3 Å². The van der Waals surface area contributed by atoms with Gasteiger partial charge in [-0.15, -0.1) is 18.3 Å². The normalized spacial score (nSPS) is 11.8. The van der Waals surface area contributed by atoms with Gasteiger partial charge < -0.3 is 9.72 Å². The first kappa shape index (κ1) is 18.8. The van der Waals surface area contributed by atoms with Gasteiger partial charge in [-0.1, -0.05) is 29.5 Å². The Labute approximate surface area is 172 Å². The summed E-state index contributed by atoms with van der Waals surface area (Å²) in [4.78, 5) is 20.3. The molecule has 0 saturated carbocycles. The number of benzene rings is 2. The number of halogens is 3. The maximum Gasteiger partial charge on any atom is 0.573 e. The molecule has 0 bridgehead atoms. The lowest BCUT2D eigenvalue weighted by Gasteiger charge is -2.09. The van der Waals surface area contributed by atoms with E-state index in [9.17, 15) is 18.0 Å². The standard InChI is InChI=1S/C21H12F3N5O2/c22-21(23,24)31-14-5-3-4-12(8-14)19(30)16-11-26-20-15(16)9-13(10-25-20)29-18-7-2-1-6-17(18)27-28-29/h1-11H,(H,25,26). The van der Waals surface area contributed by atoms with Gasteiger partial charge in [0.2, 0.25) is 0 Å². The number of nitrogens with zero attached hydrogens (tertiary/aromatic N) is 4. The smallest absolute Gasteiger partial charge is 0.406 e. The van der Waals surface area contributed by atoms with Crippen molar-refractivity contribution in [3.05, 3.63) is 78.1 Å². The summed E-state index contributed by atoms with van der Waals surface area (Å²) in [5.41, 5.74) is 2.83. The van der Waals surface area contributed by atoms with Crippen LogP contribution in [-0.2, 0) is 0 Å². The SMILES string of the molecule is O=C(c1cccc(OC(F)(F)F)c1)c1c[nH]c2ncc(-n3nnc4ccccc43)cc12. The van der Waals surface area contributed by atoms with E-state index in [0.717, 1.165) is 17.6 Å². The van der Waals surface area contributed by atoms with Crippen LogP contribution in [0.3, 0.4) is 0 Å². The van der Waals surface area contributed by atoms with Crippen molar-refractivity contribution in [1.82, 2.24) is 25.0 Å². The molecule has 0 spiro atoms. The van der Waals surface area contributed by atoms with Crippen LogP contribution in [0.2, 0.25) is 0 Å². The third-order valence-corrected chi connectivity index (χ3v) is 4.69. The van der Waals surface area contributed by atoms with Gasteiger partial charge in [-0.2, -0.15) is 0 Å². The highest BCUT2D eigenvalue weighted by Gasteiger charge is 2.31. The van der Waals surface area contributed by atoms with E-state index < -0.39 is 17.9 Å². The molecule has 0 amide bonds. The Balaban J connectivity index is 1.56. The first-order valence-electron chi connectivity index (χ1n) is 9.07. The molecule has 0 aliphatic carbocycles. The molecule has 0 aliphatic heterocycles. The van der Waals surface area contributed by atoms with Gasteiger partial charge >= 0.3 is 6.36 Å². The number of fused-ring (bicyclic) bond motifs is 2. The summed E-state index contributed by atoms with van der Waals surface area (Å²) in [6, 6.07) is 14.1. The molecule has 0 atom stereocenters. The number of hydrogen-bond donors (Lipinski definition) is 1. The zero-order valence-electron chi connectivity index (χ0n) is 15.6. The molecule has 2 aromatic carbocycles. The van der Waals surface area contributed by atoms with E-state index in [-0.39, 0.29) is 11.1 Å². The topological polar surface area (TPSA) is 85.7 Å². The second-order valence-electron chi connectivity index (χ2n) is 6.69. The number of aromatic amines is 1. The summed E-state index contributed by atoms with van der Waals surface area (Å²) >= 11 is 0. The summed E-state index contributed by atoms with van der Waals surface area (Å²) in [7, 11) is 0. The number of rotatable bonds is 4. The number of nitrogens with one attached hydrogen (secondary N) is 1. The van der Waals surface area contributed by atoms with E-state index in [0.29, 0.717) is 22.2 Å². The number of para-hydroxylation sites is 1. The van der Waals surface area contributed by atoms with E-state index in [1.807, 2.05) is 24.3 Å². The summed E-state index contributed by atoms with van der Waals surface area (Å²) in [6.45, 7) is 0. The van der Waals surface area contributed by atoms with Crippen LogP contribution in [0.4, 0.5) is 13.2 Å². The minimum absolute atomic E-state index is 0.0549. The van der Waals surface area contributed by atoms with Crippen LogP contribution in [0.15, 0.2) is 67.0 Å².